The van der Waals surface area contributed by atoms with E-state index in [9.17, 15) is 9.59 Å². The first-order valence-corrected chi connectivity index (χ1v) is 11.6. The van der Waals surface area contributed by atoms with Crippen molar-refractivity contribution in [2.45, 2.75) is 91.1 Å². The van der Waals surface area contributed by atoms with Crippen LogP contribution in [0, 0.1) is 29.1 Å². The van der Waals surface area contributed by atoms with Gasteiger partial charge in [-0.25, -0.2) is 0 Å². The van der Waals surface area contributed by atoms with E-state index >= 15 is 0 Å². The van der Waals surface area contributed by atoms with Gasteiger partial charge in [0.15, 0.2) is 0 Å². The normalized spacial score (nSPS) is 40.7. The van der Waals surface area contributed by atoms with Crippen molar-refractivity contribution in [3.05, 3.63) is 23.5 Å². The largest absolute Gasteiger partial charge is 0.459 e. The molecule has 0 amide bonds. The minimum Gasteiger partial charge on any atom is -0.459 e. The number of hydrogen-bond acceptors (Lipinski definition) is 4. The van der Waals surface area contributed by atoms with Crippen molar-refractivity contribution in [2.24, 2.45) is 29.1 Å². The van der Waals surface area contributed by atoms with Crippen LogP contribution in [-0.4, -0.2) is 17.5 Å². The van der Waals surface area contributed by atoms with Crippen molar-refractivity contribution in [1.29, 1.82) is 0 Å². The van der Waals surface area contributed by atoms with Crippen molar-refractivity contribution >= 4 is 11.9 Å². The maximum absolute atomic E-state index is 12.0. The van der Waals surface area contributed by atoms with Gasteiger partial charge in [-0.1, -0.05) is 19.9 Å². The molecule has 0 aromatic heterocycles. The van der Waals surface area contributed by atoms with E-state index in [1.807, 2.05) is 0 Å². The van der Waals surface area contributed by atoms with Gasteiger partial charge in [-0.2, -0.15) is 0 Å². The summed E-state index contributed by atoms with van der Waals surface area (Å²) in [5.41, 5.74) is 1.24. The quantitative estimate of drug-likeness (QED) is 0.567. The van der Waals surface area contributed by atoms with E-state index in [4.69, 9.17) is 9.47 Å². The van der Waals surface area contributed by atoms with Crippen LogP contribution in [-0.2, 0) is 19.1 Å². The van der Waals surface area contributed by atoms with Gasteiger partial charge in [0.1, 0.15) is 11.4 Å². The predicted octanol–water partition coefficient (Wildman–Crippen LogP) is 5.72. The first-order chi connectivity index (χ1) is 13.9. The number of ether oxygens (including phenoxy) is 2. The maximum Gasteiger partial charge on any atom is 0.307 e. The van der Waals surface area contributed by atoms with Crippen LogP contribution >= 0.6 is 0 Å². The summed E-state index contributed by atoms with van der Waals surface area (Å²) in [4.78, 5) is 23.3. The molecule has 2 saturated carbocycles. The molecule has 0 saturated heterocycles. The van der Waals surface area contributed by atoms with E-state index in [2.05, 4.69) is 26.0 Å². The molecule has 29 heavy (non-hydrogen) atoms. The van der Waals surface area contributed by atoms with Gasteiger partial charge in [0.25, 0.3) is 0 Å². The molecular formula is C25H36O4. The molecule has 0 aromatic rings. The SMILES string of the molecule is CC[C@]1(OC(C)=O)CCC2C3CC=C4C=C(OC(C)=O)CCC4C3CC[C@@]21CC. The van der Waals surface area contributed by atoms with Gasteiger partial charge in [0.2, 0.25) is 0 Å². The lowest BCUT2D eigenvalue weighted by molar-refractivity contribution is -0.184. The Hall–Kier alpha value is -1.58. The fraction of sp³-hybridized carbons (Fsp3) is 0.760. The Labute approximate surface area is 175 Å². The topological polar surface area (TPSA) is 52.6 Å². The minimum atomic E-state index is -0.276. The van der Waals surface area contributed by atoms with Gasteiger partial charge >= 0.3 is 11.9 Å². The molecular weight excluding hydrogens is 364 g/mol. The Morgan fingerprint density at radius 3 is 2.48 bits per heavy atom. The fourth-order valence-electron chi connectivity index (χ4n) is 7.89. The lowest BCUT2D eigenvalue weighted by atomic mass is 9.50. The number of allylic oxidation sites excluding steroid dienone is 4. The van der Waals surface area contributed by atoms with Crippen molar-refractivity contribution < 1.29 is 19.1 Å². The van der Waals surface area contributed by atoms with Crippen LogP contribution in [0.15, 0.2) is 23.5 Å². The smallest absolute Gasteiger partial charge is 0.307 e. The summed E-state index contributed by atoms with van der Waals surface area (Å²) in [6, 6.07) is 0. The molecule has 160 valence electrons. The first kappa shape index (κ1) is 20.7. The van der Waals surface area contributed by atoms with E-state index in [0.717, 1.165) is 44.3 Å². The van der Waals surface area contributed by atoms with Crippen molar-refractivity contribution in [3.63, 3.8) is 0 Å². The van der Waals surface area contributed by atoms with Crippen LogP contribution in [0.1, 0.15) is 85.5 Å². The van der Waals surface area contributed by atoms with Crippen LogP contribution in [0.25, 0.3) is 0 Å². The molecule has 0 aliphatic heterocycles. The Morgan fingerprint density at radius 1 is 1.03 bits per heavy atom. The van der Waals surface area contributed by atoms with Gasteiger partial charge in [-0.05, 0) is 86.7 Å². The highest BCUT2D eigenvalue weighted by Gasteiger charge is 2.64. The molecule has 4 aliphatic carbocycles. The Morgan fingerprint density at radius 2 is 1.83 bits per heavy atom. The average molecular weight is 401 g/mol. The first-order valence-electron chi connectivity index (χ1n) is 11.6. The molecule has 0 heterocycles. The van der Waals surface area contributed by atoms with Crippen LogP contribution in [0.2, 0.25) is 0 Å². The molecule has 0 aromatic carbocycles. The predicted molar refractivity (Wildman–Crippen MR) is 112 cm³/mol. The number of rotatable bonds is 4. The number of carbonyl (C=O) groups excluding carboxylic acids is 2. The monoisotopic (exact) mass is 400 g/mol. The number of fused-ring (bicyclic) bond motifs is 5. The van der Waals surface area contributed by atoms with Crippen LogP contribution in [0.4, 0.5) is 0 Å². The number of hydrogen-bond donors (Lipinski definition) is 0. The van der Waals surface area contributed by atoms with Gasteiger partial charge in [0, 0.05) is 25.7 Å². The minimum absolute atomic E-state index is 0.122. The highest BCUT2D eigenvalue weighted by molar-refractivity contribution is 5.67. The third-order valence-electron chi connectivity index (χ3n) is 8.88. The summed E-state index contributed by atoms with van der Waals surface area (Å²) in [6.45, 7) is 7.57. The third kappa shape index (κ3) is 3.18. The van der Waals surface area contributed by atoms with Gasteiger partial charge in [-0.3, -0.25) is 9.59 Å². The molecule has 0 radical (unpaired) electrons. The Kier molecular flexibility index (Phi) is 5.41. The summed E-state index contributed by atoms with van der Waals surface area (Å²) in [5.74, 6) is 3.11. The molecule has 4 heteroatoms. The summed E-state index contributed by atoms with van der Waals surface area (Å²) >= 11 is 0. The highest BCUT2D eigenvalue weighted by Crippen LogP contribution is 2.67. The molecule has 4 nitrogen and oxygen atoms in total. The fourth-order valence-corrected chi connectivity index (χ4v) is 7.89. The van der Waals surface area contributed by atoms with Crippen LogP contribution in [0.5, 0.6) is 0 Å². The summed E-state index contributed by atoms with van der Waals surface area (Å²) in [5, 5.41) is 0. The zero-order valence-corrected chi connectivity index (χ0v) is 18.5. The van der Waals surface area contributed by atoms with Crippen molar-refractivity contribution in [3.8, 4) is 0 Å². The summed E-state index contributed by atoms with van der Waals surface area (Å²) < 4.78 is 11.5. The van der Waals surface area contributed by atoms with E-state index in [1.165, 1.54) is 31.8 Å². The zero-order valence-electron chi connectivity index (χ0n) is 18.5. The second-order valence-electron chi connectivity index (χ2n) is 9.75. The van der Waals surface area contributed by atoms with Gasteiger partial charge in [-0.15, -0.1) is 0 Å². The molecule has 0 N–H and O–H groups in total. The van der Waals surface area contributed by atoms with Crippen LogP contribution in [0.3, 0.4) is 0 Å². The Bertz CT molecular complexity index is 750. The highest BCUT2D eigenvalue weighted by atomic mass is 16.6. The summed E-state index contributed by atoms with van der Waals surface area (Å²) in [7, 11) is 0. The van der Waals surface area contributed by atoms with Gasteiger partial charge < -0.3 is 9.47 Å². The Balaban J connectivity index is 1.63. The molecule has 4 aliphatic rings. The van der Waals surface area contributed by atoms with Crippen molar-refractivity contribution in [1.82, 2.24) is 0 Å². The zero-order chi connectivity index (χ0) is 20.8. The number of esters is 2. The second-order valence-corrected chi connectivity index (χ2v) is 9.75. The molecule has 4 rings (SSSR count). The molecule has 6 atom stereocenters. The number of carbonyl (C=O) groups is 2. The summed E-state index contributed by atoms with van der Waals surface area (Å²) in [6.07, 6.45) is 14.2. The van der Waals surface area contributed by atoms with Gasteiger partial charge in [0.05, 0.1) is 0 Å². The molecule has 0 bridgehead atoms. The maximum atomic E-state index is 12.0. The van der Waals surface area contributed by atoms with E-state index in [-0.39, 0.29) is 23.0 Å². The molecule has 2 fully saturated rings. The lowest BCUT2D eigenvalue weighted by Crippen LogP contribution is -2.55. The van der Waals surface area contributed by atoms with E-state index in [1.54, 1.807) is 6.92 Å². The van der Waals surface area contributed by atoms with Crippen LogP contribution < -0.4 is 0 Å². The standard InChI is InChI=1S/C25H36O4/c1-5-24-13-11-21-20-10-8-19(28-16(3)26)15-18(20)7-9-22(21)23(24)12-14-25(24,6-2)29-17(4)27/h7,15,20-23H,5-6,8-14H2,1-4H3/t20?,21?,22?,23?,24-,25-/m0/s1. The molecule has 4 unspecified atom stereocenters. The molecule has 0 spiro atoms. The second kappa shape index (κ2) is 7.59. The lowest BCUT2D eigenvalue weighted by Gasteiger charge is -2.56. The average Bonchev–Trinajstić information content (AvgIpc) is 3.01. The van der Waals surface area contributed by atoms with E-state index in [0.29, 0.717) is 23.7 Å². The third-order valence-corrected chi connectivity index (χ3v) is 8.88. The van der Waals surface area contributed by atoms with Crippen molar-refractivity contribution in [2.75, 3.05) is 0 Å². The van der Waals surface area contributed by atoms with E-state index < -0.39 is 0 Å².